The number of para-hydroxylation sites is 3. The largest absolute Gasteiger partial charge is 0.476 e. The lowest BCUT2D eigenvalue weighted by molar-refractivity contribution is -0.173. The average Bonchev–Trinajstić information content (AvgIpc) is 1.52. The average molecular weight is 1450 g/mol. The molecule has 17 heteroatoms. The molecule has 5 aromatic rings. The minimum Gasteiger partial charge on any atom is -0.476 e. The number of rotatable bonds is 1. The second-order valence-corrected chi connectivity index (χ2v) is 30.6. The molecule has 0 aromatic heterocycles. The third-order valence-corrected chi connectivity index (χ3v) is 22.4. The van der Waals surface area contributed by atoms with Gasteiger partial charge in [0.25, 0.3) is 11.6 Å². The summed E-state index contributed by atoms with van der Waals surface area (Å²) >= 11 is 0. The number of aryl methyl sites for hydroxylation is 2. The molecule has 17 rings (SSSR count). The Morgan fingerprint density at radius 1 is 0.302 bits per heavy atom. The van der Waals surface area contributed by atoms with Gasteiger partial charge in [-0.3, -0.25) is 0 Å². The number of fused-ring (bicyclic) bond motifs is 9. The minimum absolute atomic E-state index is 0.145. The fourth-order valence-electron chi connectivity index (χ4n) is 15.1. The molecule has 12 aliphatic rings. The highest BCUT2D eigenvalue weighted by Gasteiger charge is 2.53. The van der Waals surface area contributed by atoms with E-state index >= 15 is 0 Å². The number of hydrogen-bond donors (Lipinski definition) is 0. The number of ether oxygens (including phenoxy) is 12. The monoisotopic (exact) mass is 1450 g/mol. The first-order valence-electron chi connectivity index (χ1n) is 37.7. The minimum atomic E-state index is -0.917. The number of benzene rings is 5. The van der Waals surface area contributed by atoms with Crippen LogP contribution in [0.5, 0.6) is 11.5 Å². The van der Waals surface area contributed by atoms with E-state index in [-0.39, 0.29) is 23.0 Å². The van der Waals surface area contributed by atoms with Crippen LogP contribution in [-0.4, -0.2) is 84.2 Å². The van der Waals surface area contributed by atoms with E-state index < -0.39 is 11.6 Å². The quantitative estimate of drug-likeness (QED) is 0.158. The van der Waals surface area contributed by atoms with Crippen LogP contribution in [0.25, 0.3) is 11.1 Å². The van der Waals surface area contributed by atoms with Crippen LogP contribution in [0, 0.1) is 13.8 Å². The van der Waals surface area contributed by atoms with Crippen molar-refractivity contribution in [3.05, 3.63) is 240 Å². The molecule has 0 radical (unpaired) electrons. The molecule has 0 bridgehead atoms. The topological polar surface area (TPSA) is 127 Å². The van der Waals surface area contributed by atoms with Crippen LogP contribution >= 0.6 is 0 Å². The number of hydrogen-bond acceptors (Lipinski definition) is 17. The second-order valence-electron chi connectivity index (χ2n) is 30.6. The molecule has 2 fully saturated rings. The number of anilines is 1. The molecular weight excluding hydrogens is 1330 g/mol. The van der Waals surface area contributed by atoms with Crippen LogP contribution in [0.3, 0.4) is 0 Å². The third kappa shape index (κ3) is 16.1. The van der Waals surface area contributed by atoms with Crippen LogP contribution in [0.2, 0.25) is 0 Å². The van der Waals surface area contributed by atoms with Gasteiger partial charge >= 0.3 is 11.6 Å². The molecule has 0 N–H and O–H groups in total. The van der Waals surface area contributed by atoms with Gasteiger partial charge in [0.2, 0.25) is 0 Å². The molecule has 0 saturated heterocycles. The lowest BCUT2D eigenvalue weighted by Gasteiger charge is -2.35. The van der Waals surface area contributed by atoms with Gasteiger partial charge in [-0.1, -0.05) is 97.4 Å². The Labute approximate surface area is 633 Å². The van der Waals surface area contributed by atoms with Gasteiger partial charge in [0.05, 0.1) is 40.6 Å². The molecule has 5 aromatic carbocycles. The van der Waals surface area contributed by atoms with E-state index in [1.165, 1.54) is 88.5 Å². The van der Waals surface area contributed by atoms with Gasteiger partial charge in [-0.2, -0.15) is 0 Å². The van der Waals surface area contributed by atoms with Crippen molar-refractivity contribution in [3.8, 4) is 22.6 Å². The van der Waals surface area contributed by atoms with E-state index in [1.54, 1.807) is 0 Å². The first kappa shape index (κ1) is 79.2. The van der Waals surface area contributed by atoms with E-state index in [1.807, 2.05) is 151 Å². The maximum absolute atomic E-state index is 6.13. The Hall–Kier alpha value is -9.38. The SMILES string of the molecule is CC1=C(C)N(C)C(C)(C)O1.CC1=C(C)N(C)CN1C.CC1=C(C)N(C)CO1.CC1=C(C)N(c2c(C)cccc2C)C(C)(C)O1.CC1=C(C)OC2(CCCC2)O1.CC1=C(C)OC2(CCCCC2)O1.CC1=C(C)OC2(O1)c1ccccc1-c1ccccc12.CC1=C(C)OC2(O1)c1ccccc1Oc1ccccc12. The standard InChI is InChI=1S/C17H14O3.C17H14O2.C15H21NO.C10H16O2.C9H14O2.C8H15NO.C7H14N2.C6H11NO/c1-11-12(2)20-17(19-11)13-7-3-5-9-15(13)18-16-10-6-4-8-14(16)17;1-11-12(2)19-17(18-11)15-9-5-3-7-13(15)14-8-4-6-10-16(14)17;1-10-8-7-9-11(2)14(10)16-12(3)13(4)17-15(16,5)6;1-8-9(2)12-10(11-8)6-4-3-5-7-10;1-7-8(2)11-9(10-7)5-3-4-6-9;1-6-7(2)10-8(3,4)9(6)5;1-6-7(2)9(4)5-8(6)3;1-5-6(2)8-4-7(5)3/h3-10H,1-2H3;3-10H,1-2H3;7-9H,1-6H3;3-7H2,1-2H3;3-6H2,1-2H3;1-5H3;5H2,1-4H3;4H2,1-3H3. The molecule has 0 atom stereocenters. The second kappa shape index (κ2) is 31.6. The molecule has 572 valence electrons. The lowest BCUT2D eigenvalue weighted by Crippen LogP contribution is -2.40. The number of allylic oxidation sites excluding steroid dienone is 16. The van der Waals surface area contributed by atoms with Crippen LogP contribution in [-0.2, 0) is 63.7 Å². The molecule has 0 amide bonds. The molecule has 9 heterocycles. The summed E-state index contributed by atoms with van der Waals surface area (Å²) in [6.07, 6.45) is 10.5. The molecule has 106 heavy (non-hydrogen) atoms. The summed E-state index contributed by atoms with van der Waals surface area (Å²) in [6, 6.07) is 38.6. The molecular formula is C89H119N5O12. The predicted octanol–water partition coefficient (Wildman–Crippen LogP) is 22.3. The molecule has 9 aliphatic heterocycles. The zero-order valence-electron chi connectivity index (χ0n) is 68.4. The van der Waals surface area contributed by atoms with Gasteiger partial charge in [0.1, 0.15) is 74.8 Å². The van der Waals surface area contributed by atoms with Crippen molar-refractivity contribution < 1.29 is 56.8 Å². The fraction of sp³-hybridized carbons (Fsp3) is 0.483. The zero-order chi connectivity index (χ0) is 77.2. The Kier molecular flexibility index (Phi) is 23.6. The summed E-state index contributed by atoms with van der Waals surface area (Å²) < 4.78 is 70.1. The summed E-state index contributed by atoms with van der Waals surface area (Å²) in [7, 11) is 8.29. The van der Waals surface area contributed by atoms with Gasteiger partial charge in [-0.25, -0.2) is 0 Å². The van der Waals surface area contributed by atoms with E-state index in [0.717, 1.165) is 136 Å². The van der Waals surface area contributed by atoms with Crippen molar-refractivity contribution in [3.63, 3.8) is 0 Å². The summed E-state index contributed by atoms with van der Waals surface area (Å²) in [5.41, 5.74) is 16.2. The van der Waals surface area contributed by atoms with E-state index in [0.29, 0.717) is 0 Å². The smallest absolute Gasteiger partial charge is 0.312 e. The summed E-state index contributed by atoms with van der Waals surface area (Å²) in [4.78, 5) is 11.0. The Balaban J connectivity index is 0.000000132. The van der Waals surface area contributed by atoms with Gasteiger partial charge in [0.15, 0.2) is 18.2 Å². The van der Waals surface area contributed by atoms with Crippen LogP contribution in [0.1, 0.15) is 230 Å². The highest BCUT2D eigenvalue weighted by atomic mass is 16.8. The van der Waals surface area contributed by atoms with Crippen LogP contribution in [0.4, 0.5) is 5.69 Å². The highest BCUT2D eigenvalue weighted by Crippen LogP contribution is 2.56. The molecule has 0 unspecified atom stereocenters. The normalized spacial score (nSPS) is 20.9. The summed E-state index contributed by atoms with van der Waals surface area (Å²) in [6.45, 7) is 46.6. The first-order valence-corrected chi connectivity index (χ1v) is 37.7. The van der Waals surface area contributed by atoms with Gasteiger partial charge < -0.3 is 81.3 Å². The number of nitrogens with zero attached hydrogens (tertiary/aromatic N) is 5. The predicted molar refractivity (Wildman–Crippen MR) is 420 cm³/mol. The Morgan fingerprint density at radius 3 is 0.962 bits per heavy atom. The first-order chi connectivity index (χ1) is 50.0. The van der Waals surface area contributed by atoms with Crippen molar-refractivity contribution in [2.75, 3.05) is 46.5 Å². The van der Waals surface area contributed by atoms with E-state index in [2.05, 4.69) is 169 Å². The molecule has 3 aliphatic carbocycles. The van der Waals surface area contributed by atoms with Gasteiger partial charge in [-0.15, -0.1) is 0 Å². The van der Waals surface area contributed by atoms with Crippen LogP contribution < -0.4 is 9.64 Å². The van der Waals surface area contributed by atoms with E-state index in [9.17, 15) is 0 Å². The molecule has 17 nitrogen and oxygen atoms in total. The van der Waals surface area contributed by atoms with Crippen molar-refractivity contribution in [2.24, 2.45) is 0 Å². The summed E-state index contributed by atoms with van der Waals surface area (Å²) in [5, 5.41) is 0. The van der Waals surface area contributed by atoms with Crippen molar-refractivity contribution >= 4 is 5.69 Å². The maximum Gasteiger partial charge on any atom is 0.312 e. The molecule has 4 spiro atoms. The Bertz CT molecular complexity index is 4150. The van der Waals surface area contributed by atoms with Crippen molar-refractivity contribution in [1.82, 2.24) is 19.6 Å². The third-order valence-electron chi connectivity index (χ3n) is 22.4. The van der Waals surface area contributed by atoms with E-state index in [4.69, 9.17) is 56.8 Å². The van der Waals surface area contributed by atoms with Crippen molar-refractivity contribution in [1.29, 1.82) is 0 Å². The highest BCUT2D eigenvalue weighted by molar-refractivity contribution is 5.80. The fourth-order valence-corrected chi connectivity index (χ4v) is 15.1. The van der Waals surface area contributed by atoms with Crippen LogP contribution in [0.15, 0.2) is 207 Å². The van der Waals surface area contributed by atoms with Crippen molar-refractivity contribution in [2.45, 2.75) is 245 Å². The zero-order valence-corrected chi connectivity index (χ0v) is 68.4. The Morgan fingerprint density at radius 2 is 0.651 bits per heavy atom. The summed E-state index contributed by atoms with van der Waals surface area (Å²) in [5.74, 6) is 9.63. The molecule has 2 saturated carbocycles. The van der Waals surface area contributed by atoms with Gasteiger partial charge in [0, 0.05) is 76.4 Å². The lowest BCUT2D eigenvalue weighted by atomic mass is 9.93. The van der Waals surface area contributed by atoms with Gasteiger partial charge in [-0.05, 0) is 225 Å². The maximum atomic E-state index is 6.13.